The quantitative estimate of drug-likeness (QED) is 0.826. The third kappa shape index (κ3) is 3.63. The first-order valence-corrected chi connectivity index (χ1v) is 7.48. The number of carbonyl (C=O) groups excluding carboxylic acids is 1. The van der Waals surface area contributed by atoms with Crippen molar-refractivity contribution in [2.45, 2.75) is 6.54 Å². The lowest BCUT2D eigenvalue weighted by molar-refractivity contribution is 0.0951. The highest BCUT2D eigenvalue weighted by Gasteiger charge is 2.08. The Hall–Kier alpha value is -0.720. The van der Waals surface area contributed by atoms with Crippen LogP contribution in [0.1, 0.15) is 15.2 Å². The van der Waals surface area contributed by atoms with E-state index in [-0.39, 0.29) is 5.91 Å². The minimum atomic E-state index is -0.437. The summed E-state index contributed by atoms with van der Waals surface area (Å²) in [5.41, 5.74) is 0.303. The molecule has 1 aromatic heterocycles. The molecule has 0 radical (unpaired) electrons. The molecule has 1 N–H and O–H groups in total. The number of amides is 1. The molecule has 0 saturated carbocycles. The lowest BCUT2D eigenvalue weighted by atomic mass is 10.2. The molecule has 1 amide bonds. The van der Waals surface area contributed by atoms with Crippen molar-refractivity contribution in [3.8, 4) is 0 Å². The third-order valence-electron chi connectivity index (χ3n) is 2.17. The number of thiophene rings is 1. The van der Waals surface area contributed by atoms with Crippen LogP contribution in [-0.4, -0.2) is 5.91 Å². The minimum absolute atomic E-state index is 0.292. The molecule has 0 aliphatic carbocycles. The van der Waals surface area contributed by atoms with Gasteiger partial charge in [-0.05, 0) is 40.2 Å². The molecular weight excluding hydrogens is 385 g/mol. The van der Waals surface area contributed by atoms with Crippen molar-refractivity contribution in [1.29, 1.82) is 0 Å². The van der Waals surface area contributed by atoms with Gasteiger partial charge in [-0.15, -0.1) is 11.3 Å². The third-order valence-corrected chi connectivity index (χ3v) is 4.33. The molecule has 6 heteroatoms. The second-order valence-electron chi connectivity index (χ2n) is 3.57. The van der Waals surface area contributed by atoms with Crippen LogP contribution in [0.2, 0.25) is 0 Å². The molecule has 18 heavy (non-hydrogen) atoms. The molecule has 0 saturated heterocycles. The summed E-state index contributed by atoms with van der Waals surface area (Å²) in [4.78, 5) is 12.9. The van der Waals surface area contributed by atoms with Gasteiger partial charge in [0.25, 0.3) is 5.91 Å². The fourth-order valence-corrected chi connectivity index (χ4v) is 3.26. The number of halogens is 3. The van der Waals surface area contributed by atoms with Crippen LogP contribution < -0.4 is 5.32 Å². The van der Waals surface area contributed by atoms with Gasteiger partial charge >= 0.3 is 0 Å². The van der Waals surface area contributed by atoms with E-state index in [1.165, 1.54) is 12.1 Å². The first-order chi connectivity index (χ1) is 8.54. The Morgan fingerprint density at radius 2 is 2.00 bits per heavy atom. The summed E-state index contributed by atoms with van der Waals surface area (Å²) in [7, 11) is 0. The zero-order chi connectivity index (χ0) is 13.1. The lowest BCUT2D eigenvalue weighted by Crippen LogP contribution is -2.22. The van der Waals surface area contributed by atoms with Crippen molar-refractivity contribution in [3.05, 3.63) is 54.8 Å². The molecule has 0 atom stereocenters. The molecule has 0 bridgehead atoms. The Balaban J connectivity index is 2.03. The van der Waals surface area contributed by atoms with Crippen molar-refractivity contribution in [3.63, 3.8) is 0 Å². The van der Waals surface area contributed by atoms with E-state index in [4.69, 9.17) is 0 Å². The molecule has 2 aromatic rings. The first kappa shape index (κ1) is 13.7. The highest BCUT2D eigenvalue weighted by atomic mass is 79.9. The Morgan fingerprint density at radius 3 is 2.61 bits per heavy atom. The minimum Gasteiger partial charge on any atom is -0.347 e. The molecule has 0 aliphatic heterocycles. The van der Waals surface area contributed by atoms with Gasteiger partial charge in [0.05, 0.1) is 6.54 Å². The van der Waals surface area contributed by atoms with Crippen molar-refractivity contribution in [1.82, 2.24) is 5.32 Å². The van der Waals surface area contributed by atoms with Crippen LogP contribution >= 0.6 is 43.2 Å². The molecule has 0 spiro atoms. The topological polar surface area (TPSA) is 29.1 Å². The molecule has 0 fully saturated rings. The second kappa shape index (κ2) is 5.95. The maximum Gasteiger partial charge on any atom is 0.251 e. The monoisotopic (exact) mass is 391 g/mol. The summed E-state index contributed by atoms with van der Waals surface area (Å²) in [5, 5.41) is 4.69. The van der Waals surface area contributed by atoms with E-state index >= 15 is 0 Å². The summed E-state index contributed by atoms with van der Waals surface area (Å²) in [6.45, 7) is 0.434. The summed E-state index contributed by atoms with van der Waals surface area (Å²) in [6.07, 6.45) is 0. The molecule has 0 aliphatic rings. The van der Waals surface area contributed by atoms with Gasteiger partial charge in [0.15, 0.2) is 0 Å². The standard InChI is InChI=1S/C12H8Br2FNOS/c13-8-1-7(2-10(15)3-8)12(17)16-5-11-4-9(14)6-18-11/h1-4,6H,5H2,(H,16,17). The molecular formula is C12H8Br2FNOS. The number of benzene rings is 1. The summed E-state index contributed by atoms with van der Waals surface area (Å²) in [6, 6.07) is 6.05. The van der Waals surface area contributed by atoms with E-state index in [1.54, 1.807) is 17.4 Å². The van der Waals surface area contributed by atoms with Crippen molar-refractivity contribution >= 4 is 49.1 Å². The summed E-state index contributed by atoms with van der Waals surface area (Å²) in [5.74, 6) is -0.729. The number of nitrogens with one attached hydrogen (secondary N) is 1. The number of carbonyl (C=O) groups is 1. The Kier molecular flexibility index (Phi) is 4.53. The lowest BCUT2D eigenvalue weighted by Gasteiger charge is -2.04. The summed E-state index contributed by atoms with van der Waals surface area (Å²) >= 11 is 8.05. The van der Waals surface area contributed by atoms with E-state index in [9.17, 15) is 9.18 Å². The molecule has 2 nitrogen and oxygen atoms in total. The van der Waals surface area contributed by atoms with E-state index in [0.717, 1.165) is 9.35 Å². The number of rotatable bonds is 3. The normalized spacial score (nSPS) is 10.4. The van der Waals surface area contributed by atoms with E-state index in [2.05, 4.69) is 37.2 Å². The predicted molar refractivity (Wildman–Crippen MR) is 77.3 cm³/mol. The van der Waals surface area contributed by atoms with Gasteiger partial charge in [-0.2, -0.15) is 0 Å². The van der Waals surface area contributed by atoms with E-state index in [0.29, 0.717) is 16.6 Å². The molecule has 0 unspecified atom stereocenters. The molecule has 1 heterocycles. The van der Waals surface area contributed by atoms with Gasteiger partial charge < -0.3 is 5.32 Å². The predicted octanol–water partition coefficient (Wildman–Crippen LogP) is 4.34. The fourth-order valence-electron chi connectivity index (χ4n) is 1.40. The van der Waals surface area contributed by atoms with Gasteiger partial charge in [-0.1, -0.05) is 15.9 Å². The number of hydrogen-bond donors (Lipinski definition) is 1. The second-order valence-corrected chi connectivity index (χ2v) is 6.40. The highest BCUT2D eigenvalue weighted by Crippen LogP contribution is 2.20. The van der Waals surface area contributed by atoms with Gasteiger partial charge in [-0.3, -0.25) is 4.79 Å². The van der Waals surface area contributed by atoms with Crippen molar-refractivity contribution < 1.29 is 9.18 Å². The van der Waals surface area contributed by atoms with E-state index in [1.807, 2.05) is 11.4 Å². The highest BCUT2D eigenvalue weighted by molar-refractivity contribution is 9.10. The molecule has 94 valence electrons. The average Bonchev–Trinajstić information content (AvgIpc) is 2.70. The van der Waals surface area contributed by atoms with Gasteiger partial charge in [0, 0.05) is 24.8 Å². The van der Waals surface area contributed by atoms with Crippen molar-refractivity contribution in [2.24, 2.45) is 0 Å². The Bertz CT molecular complexity index is 565. The SMILES string of the molecule is O=C(NCc1cc(Br)cs1)c1cc(F)cc(Br)c1. The van der Waals surface area contributed by atoms with Crippen LogP contribution in [0.15, 0.2) is 38.6 Å². The van der Waals surface area contributed by atoms with Crippen LogP contribution in [-0.2, 0) is 6.54 Å². The maximum atomic E-state index is 13.1. The van der Waals surface area contributed by atoms with Crippen LogP contribution in [0.25, 0.3) is 0 Å². The number of hydrogen-bond acceptors (Lipinski definition) is 2. The van der Waals surface area contributed by atoms with Gasteiger partial charge in [0.1, 0.15) is 5.82 Å². The zero-order valence-electron chi connectivity index (χ0n) is 9.04. The van der Waals surface area contributed by atoms with Crippen LogP contribution in [0.3, 0.4) is 0 Å². The van der Waals surface area contributed by atoms with Gasteiger partial charge in [0.2, 0.25) is 0 Å². The Morgan fingerprint density at radius 1 is 1.22 bits per heavy atom. The van der Waals surface area contributed by atoms with E-state index < -0.39 is 5.82 Å². The van der Waals surface area contributed by atoms with Crippen LogP contribution in [0.5, 0.6) is 0 Å². The van der Waals surface area contributed by atoms with Gasteiger partial charge in [-0.25, -0.2) is 4.39 Å². The van der Waals surface area contributed by atoms with Crippen LogP contribution in [0, 0.1) is 5.82 Å². The molecule has 1 aromatic carbocycles. The van der Waals surface area contributed by atoms with Crippen LogP contribution in [0.4, 0.5) is 4.39 Å². The maximum absolute atomic E-state index is 13.1. The molecule has 2 rings (SSSR count). The smallest absolute Gasteiger partial charge is 0.251 e. The van der Waals surface area contributed by atoms with Crippen molar-refractivity contribution in [2.75, 3.05) is 0 Å². The average molecular weight is 393 g/mol. The fraction of sp³-hybridized carbons (Fsp3) is 0.0833. The Labute approximate surface area is 124 Å². The first-order valence-electron chi connectivity index (χ1n) is 5.02. The zero-order valence-corrected chi connectivity index (χ0v) is 13.0. The largest absolute Gasteiger partial charge is 0.347 e. The summed E-state index contributed by atoms with van der Waals surface area (Å²) < 4.78 is 14.7.